The fraction of sp³-hybridized carbons (Fsp3) is 0.519. The van der Waals surface area contributed by atoms with Crippen molar-refractivity contribution in [3.63, 3.8) is 0 Å². The first kappa shape index (κ1) is 21.5. The van der Waals surface area contributed by atoms with E-state index in [1.807, 2.05) is 36.2 Å². The van der Waals surface area contributed by atoms with Gasteiger partial charge in [-0.1, -0.05) is 18.2 Å². The maximum Gasteiger partial charge on any atom is 0.253 e. The molecule has 1 N–H and O–H groups in total. The van der Waals surface area contributed by atoms with Crippen LogP contribution in [0.2, 0.25) is 0 Å². The van der Waals surface area contributed by atoms with Crippen molar-refractivity contribution < 1.29 is 14.3 Å². The smallest absolute Gasteiger partial charge is 0.253 e. The summed E-state index contributed by atoms with van der Waals surface area (Å²) in [6.45, 7) is 4.48. The second-order valence-electron chi connectivity index (χ2n) is 9.72. The minimum absolute atomic E-state index is 0.0808. The van der Waals surface area contributed by atoms with Gasteiger partial charge in [0, 0.05) is 38.3 Å². The van der Waals surface area contributed by atoms with E-state index in [4.69, 9.17) is 9.47 Å². The van der Waals surface area contributed by atoms with E-state index in [1.54, 1.807) is 0 Å². The van der Waals surface area contributed by atoms with Crippen molar-refractivity contribution in [2.24, 2.45) is 11.8 Å². The summed E-state index contributed by atoms with van der Waals surface area (Å²) in [7, 11) is 1.93. The first-order valence-corrected chi connectivity index (χ1v) is 12.0. The van der Waals surface area contributed by atoms with E-state index in [0.717, 1.165) is 69.4 Å². The number of nitrogens with one attached hydrogen (secondary N) is 1. The van der Waals surface area contributed by atoms with E-state index in [2.05, 4.69) is 23.5 Å². The molecule has 1 saturated heterocycles. The van der Waals surface area contributed by atoms with Gasteiger partial charge >= 0.3 is 0 Å². The Labute approximate surface area is 191 Å². The summed E-state index contributed by atoms with van der Waals surface area (Å²) in [4.78, 5) is 15.0. The predicted octanol–water partition coefficient (Wildman–Crippen LogP) is 3.84. The molecule has 2 aromatic carbocycles. The maximum atomic E-state index is 13.1. The number of rotatable bonds is 9. The van der Waals surface area contributed by atoms with Crippen molar-refractivity contribution in [2.75, 3.05) is 33.4 Å². The Balaban J connectivity index is 1.14. The zero-order chi connectivity index (χ0) is 21.9. The van der Waals surface area contributed by atoms with Gasteiger partial charge in [-0.05, 0) is 84.9 Å². The van der Waals surface area contributed by atoms with E-state index in [9.17, 15) is 4.79 Å². The van der Waals surface area contributed by atoms with Crippen molar-refractivity contribution >= 4 is 5.91 Å². The number of carbonyl (C=O) groups excluding carboxylic acids is 1. The third-order valence-electron chi connectivity index (χ3n) is 7.12. The predicted molar refractivity (Wildman–Crippen MR) is 125 cm³/mol. The van der Waals surface area contributed by atoms with Crippen LogP contribution in [-0.4, -0.2) is 50.3 Å². The van der Waals surface area contributed by atoms with E-state index in [0.29, 0.717) is 5.92 Å². The topological polar surface area (TPSA) is 50.8 Å². The summed E-state index contributed by atoms with van der Waals surface area (Å²) in [5.74, 6) is 2.31. The van der Waals surface area contributed by atoms with Gasteiger partial charge in [-0.15, -0.1) is 0 Å². The van der Waals surface area contributed by atoms with E-state index >= 15 is 0 Å². The molecule has 1 heterocycles. The van der Waals surface area contributed by atoms with Crippen molar-refractivity contribution in [3.05, 3.63) is 64.7 Å². The standard InChI is InChI=1S/C27H34N2O3/c1-29(27(30)22-6-8-26(9-7-22)32-18-19-2-3-19)25-13-23-5-4-20(12-24(23)14-25)15-28-16-21-10-11-31-17-21/h4-9,12,19,21,25,28H,2-3,10-11,13-18H2,1H3. The van der Waals surface area contributed by atoms with Crippen molar-refractivity contribution in [2.45, 2.75) is 44.7 Å². The van der Waals surface area contributed by atoms with Crippen LogP contribution in [0, 0.1) is 11.8 Å². The molecule has 2 fully saturated rings. The van der Waals surface area contributed by atoms with Crippen LogP contribution in [0.4, 0.5) is 0 Å². The fourth-order valence-electron chi connectivity index (χ4n) is 4.76. The summed E-state index contributed by atoms with van der Waals surface area (Å²) in [6, 6.07) is 14.6. The largest absolute Gasteiger partial charge is 0.493 e. The summed E-state index contributed by atoms with van der Waals surface area (Å²) in [5.41, 5.74) is 4.79. The van der Waals surface area contributed by atoms with Crippen LogP contribution < -0.4 is 10.1 Å². The number of amides is 1. The Bertz CT molecular complexity index is 932. The van der Waals surface area contributed by atoms with Crippen LogP contribution in [0.3, 0.4) is 0 Å². The molecule has 0 radical (unpaired) electrons. The lowest BCUT2D eigenvalue weighted by atomic mass is 10.1. The van der Waals surface area contributed by atoms with Gasteiger partial charge < -0.3 is 19.7 Å². The average Bonchev–Trinajstić information content (AvgIpc) is 3.31. The minimum Gasteiger partial charge on any atom is -0.493 e. The summed E-state index contributed by atoms with van der Waals surface area (Å²) in [5, 5.41) is 3.58. The maximum absolute atomic E-state index is 13.1. The van der Waals surface area contributed by atoms with Crippen LogP contribution in [0.25, 0.3) is 0 Å². The van der Waals surface area contributed by atoms with Gasteiger partial charge in [0.25, 0.3) is 5.91 Å². The number of carbonyl (C=O) groups is 1. The zero-order valence-corrected chi connectivity index (χ0v) is 19.0. The van der Waals surface area contributed by atoms with Gasteiger partial charge in [-0.2, -0.15) is 0 Å². The Morgan fingerprint density at radius 1 is 1.06 bits per heavy atom. The highest BCUT2D eigenvalue weighted by Gasteiger charge is 2.28. The molecule has 2 aliphatic carbocycles. The second-order valence-corrected chi connectivity index (χ2v) is 9.72. The lowest BCUT2D eigenvalue weighted by Gasteiger charge is -2.24. The van der Waals surface area contributed by atoms with Crippen LogP contribution in [0.15, 0.2) is 42.5 Å². The molecule has 5 rings (SSSR count). The number of hydrogen-bond acceptors (Lipinski definition) is 4. The van der Waals surface area contributed by atoms with Crippen molar-refractivity contribution in [1.29, 1.82) is 0 Å². The molecule has 5 nitrogen and oxygen atoms in total. The molecule has 170 valence electrons. The molecule has 2 unspecified atom stereocenters. The van der Waals surface area contributed by atoms with Gasteiger partial charge in [0.1, 0.15) is 5.75 Å². The molecular formula is C27H34N2O3. The normalized spacial score (nSPS) is 22.0. The third-order valence-corrected chi connectivity index (χ3v) is 7.12. The molecule has 1 amide bonds. The Morgan fingerprint density at radius 2 is 1.88 bits per heavy atom. The lowest BCUT2D eigenvalue weighted by Crippen LogP contribution is -2.37. The number of benzene rings is 2. The van der Waals surface area contributed by atoms with Gasteiger partial charge in [0.15, 0.2) is 0 Å². The quantitative estimate of drug-likeness (QED) is 0.652. The molecule has 1 aliphatic heterocycles. The summed E-state index contributed by atoms with van der Waals surface area (Å²) in [6.07, 6.45) is 5.56. The molecule has 2 aromatic rings. The van der Waals surface area contributed by atoms with Gasteiger partial charge in [0.2, 0.25) is 0 Å². The SMILES string of the molecule is CN(C(=O)c1ccc(OCC2CC2)cc1)C1Cc2ccc(CNCC3CCOC3)cc2C1. The first-order chi connectivity index (χ1) is 15.7. The summed E-state index contributed by atoms with van der Waals surface area (Å²) >= 11 is 0. The average molecular weight is 435 g/mol. The number of fused-ring (bicyclic) bond motifs is 1. The Morgan fingerprint density at radius 3 is 2.62 bits per heavy atom. The monoisotopic (exact) mass is 434 g/mol. The van der Waals surface area contributed by atoms with Crippen molar-refractivity contribution in [1.82, 2.24) is 10.2 Å². The minimum atomic E-state index is 0.0808. The Hall–Kier alpha value is -2.37. The van der Waals surface area contributed by atoms with Crippen LogP contribution in [-0.2, 0) is 24.1 Å². The van der Waals surface area contributed by atoms with Crippen molar-refractivity contribution in [3.8, 4) is 5.75 Å². The summed E-state index contributed by atoms with van der Waals surface area (Å²) < 4.78 is 11.3. The molecule has 3 aliphatic rings. The fourth-order valence-corrected chi connectivity index (χ4v) is 4.76. The van der Waals surface area contributed by atoms with Crippen LogP contribution in [0.5, 0.6) is 5.75 Å². The van der Waals surface area contributed by atoms with Crippen LogP contribution >= 0.6 is 0 Å². The second kappa shape index (κ2) is 9.63. The highest BCUT2D eigenvalue weighted by molar-refractivity contribution is 5.94. The van der Waals surface area contributed by atoms with E-state index in [1.165, 1.54) is 29.5 Å². The zero-order valence-electron chi connectivity index (χ0n) is 19.0. The number of likely N-dealkylation sites (N-methyl/N-ethyl adjacent to an activating group) is 1. The third kappa shape index (κ3) is 5.16. The number of nitrogens with zero attached hydrogens (tertiary/aromatic N) is 1. The number of hydrogen-bond donors (Lipinski definition) is 1. The molecule has 5 heteroatoms. The van der Waals surface area contributed by atoms with Crippen LogP contribution in [0.1, 0.15) is 46.3 Å². The molecule has 0 aromatic heterocycles. The molecule has 0 spiro atoms. The lowest BCUT2D eigenvalue weighted by molar-refractivity contribution is 0.0737. The molecular weight excluding hydrogens is 400 g/mol. The van der Waals surface area contributed by atoms with Gasteiger partial charge in [-0.3, -0.25) is 4.79 Å². The van der Waals surface area contributed by atoms with E-state index in [-0.39, 0.29) is 11.9 Å². The highest BCUT2D eigenvalue weighted by atomic mass is 16.5. The number of ether oxygens (including phenoxy) is 2. The molecule has 32 heavy (non-hydrogen) atoms. The van der Waals surface area contributed by atoms with E-state index < -0.39 is 0 Å². The molecule has 1 saturated carbocycles. The van der Waals surface area contributed by atoms with Gasteiger partial charge in [-0.25, -0.2) is 0 Å². The Kier molecular flexibility index (Phi) is 6.47. The van der Waals surface area contributed by atoms with Gasteiger partial charge in [0.05, 0.1) is 13.2 Å². The highest BCUT2D eigenvalue weighted by Crippen LogP contribution is 2.30. The molecule has 0 bridgehead atoms. The first-order valence-electron chi connectivity index (χ1n) is 12.0. The molecule has 2 atom stereocenters.